The normalized spacial score (nSPS) is 12.5. The maximum Gasteiger partial charge on any atom is 0.100 e. The van der Waals surface area contributed by atoms with E-state index in [4.69, 9.17) is 4.89 Å². The Morgan fingerprint density at radius 2 is 1.53 bits per heavy atom. The molecule has 172 valence electrons. The Morgan fingerprint density at radius 3 is 2.12 bits per heavy atom. The number of nitrogens with two attached hydrogens (primary N) is 1. The van der Waals surface area contributed by atoms with Crippen molar-refractivity contribution < 1.29 is 14.9 Å². The van der Waals surface area contributed by atoms with Crippen LogP contribution in [0.1, 0.15) is 39.8 Å². The molecule has 0 aliphatic rings. The van der Waals surface area contributed by atoms with Crippen LogP contribution in [0, 0.1) is 20.8 Å². The maximum absolute atomic E-state index is 11.4. The van der Waals surface area contributed by atoms with Crippen LogP contribution in [-0.2, 0) is 9.78 Å². The Morgan fingerprint density at radius 1 is 0.938 bits per heavy atom. The van der Waals surface area contributed by atoms with E-state index < -0.39 is 6.10 Å². The summed E-state index contributed by atoms with van der Waals surface area (Å²) in [4.78, 5) is 9.64. The highest BCUT2D eigenvalue weighted by molar-refractivity contribution is 5.83. The lowest BCUT2D eigenvalue weighted by molar-refractivity contribution is -0.263. The van der Waals surface area contributed by atoms with Gasteiger partial charge in [0.2, 0.25) is 0 Å². The highest BCUT2D eigenvalue weighted by Crippen LogP contribution is 2.37. The molecule has 2 atom stereocenters. The van der Waals surface area contributed by atoms with Crippen molar-refractivity contribution in [3.05, 3.63) is 108 Å². The van der Waals surface area contributed by atoms with Gasteiger partial charge in [0, 0.05) is 5.92 Å². The summed E-state index contributed by atoms with van der Waals surface area (Å²) in [5, 5.41) is 13.7. The summed E-state index contributed by atoms with van der Waals surface area (Å²) in [7, 11) is 2.99. The second-order valence-electron chi connectivity index (χ2n) is 7.27. The Bertz CT molecular complexity index is 974. The van der Waals surface area contributed by atoms with Gasteiger partial charge in [0.15, 0.2) is 0 Å². The molecule has 4 heteroatoms. The summed E-state index contributed by atoms with van der Waals surface area (Å²) in [6.07, 6.45) is 3.25. The van der Waals surface area contributed by atoms with Crippen molar-refractivity contribution in [3.8, 4) is 0 Å². The fourth-order valence-corrected chi connectivity index (χ4v) is 3.96. The molecule has 3 N–H and O–H groups in total. The first-order valence-electron chi connectivity index (χ1n) is 10.7. The van der Waals surface area contributed by atoms with Crippen LogP contribution in [-0.4, -0.2) is 25.9 Å². The molecule has 0 saturated heterocycles. The standard InChI is InChI=1S/C25H28O3.C2H4.CH5N/c1-17-14-18(2)24(19(3)15-17)25(26)23(10-7-13-28-27-4)22-12-11-20-8-5-6-9-21(20)16-22;2*1-2/h5-12,14-16,23,25-26H,13H2,1-4H3;1-2H2;2H2,1H3/b10-7-;;. The molecule has 0 amide bonds. The summed E-state index contributed by atoms with van der Waals surface area (Å²) in [5.74, 6) is -0.190. The molecule has 0 heterocycles. The average Bonchev–Trinajstić information content (AvgIpc) is 2.80. The molecule has 0 fully saturated rings. The van der Waals surface area contributed by atoms with Gasteiger partial charge in [-0.2, -0.15) is 0 Å². The van der Waals surface area contributed by atoms with Crippen LogP contribution in [0.3, 0.4) is 0 Å². The van der Waals surface area contributed by atoms with Gasteiger partial charge < -0.3 is 10.8 Å². The van der Waals surface area contributed by atoms with Crippen LogP contribution >= 0.6 is 0 Å². The van der Waals surface area contributed by atoms with Crippen molar-refractivity contribution >= 4 is 10.8 Å². The monoisotopic (exact) mass is 435 g/mol. The minimum absolute atomic E-state index is 0.190. The summed E-state index contributed by atoms with van der Waals surface area (Å²) in [5.41, 5.74) is 9.98. The van der Waals surface area contributed by atoms with Gasteiger partial charge in [0.25, 0.3) is 0 Å². The molecule has 0 aromatic heterocycles. The largest absolute Gasteiger partial charge is 0.387 e. The molecule has 3 aromatic rings. The number of aryl methyl sites for hydroxylation is 3. The van der Waals surface area contributed by atoms with E-state index in [0.29, 0.717) is 6.61 Å². The zero-order valence-corrected chi connectivity index (χ0v) is 20.0. The zero-order valence-electron chi connectivity index (χ0n) is 20.0. The number of benzene rings is 3. The average molecular weight is 436 g/mol. The number of hydrogen-bond donors (Lipinski definition) is 2. The van der Waals surface area contributed by atoms with Crippen LogP contribution in [0.4, 0.5) is 0 Å². The van der Waals surface area contributed by atoms with Gasteiger partial charge in [-0.1, -0.05) is 72.3 Å². The number of rotatable bonds is 7. The first-order chi connectivity index (χ1) is 15.5. The van der Waals surface area contributed by atoms with E-state index in [2.05, 4.69) is 87.0 Å². The van der Waals surface area contributed by atoms with E-state index in [9.17, 15) is 5.11 Å². The third kappa shape index (κ3) is 7.14. The summed E-state index contributed by atoms with van der Waals surface area (Å²) in [6.45, 7) is 12.5. The molecule has 0 radical (unpaired) electrons. The van der Waals surface area contributed by atoms with Gasteiger partial charge in [-0.3, -0.25) is 0 Å². The predicted octanol–water partition coefficient (Wildman–Crippen LogP) is 6.09. The van der Waals surface area contributed by atoms with Crippen molar-refractivity contribution in [2.24, 2.45) is 5.73 Å². The molecule has 0 aliphatic carbocycles. The Hall–Kier alpha value is -2.76. The highest BCUT2D eigenvalue weighted by atomic mass is 17.2. The van der Waals surface area contributed by atoms with Crippen molar-refractivity contribution in [3.63, 3.8) is 0 Å². The topological polar surface area (TPSA) is 64.7 Å². The van der Waals surface area contributed by atoms with Crippen LogP contribution in [0.5, 0.6) is 0 Å². The minimum atomic E-state index is -0.652. The number of fused-ring (bicyclic) bond motifs is 1. The van der Waals surface area contributed by atoms with E-state index in [1.54, 1.807) is 0 Å². The molecule has 3 aromatic carbocycles. The molecule has 32 heavy (non-hydrogen) atoms. The van der Waals surface area contributed by atoms with Gasteiger partial charge in [-0.15, -0.1) is 13.2 Å². The lowest BCUT2D eigenvalue weighted by Gasteiger charge is -2.25. The molecule has 0 saturated carbocycles. The molecular formula is C28H37NO3. The Balaban J connectivity index is 0.00000121. The van der Waals surface area contributed by atoms with Crippen LogP contribution in [0.15, 0.2) is 79.9 Å². The van der Waals surface area contributed by atoms with Gasteiger partial charge in [0.05, 0.1) is 13.2 Å². The molecule has 0 aliphatic heterocycles. The highest BCUT2D eigenvalue weighted by Gasteiger charge is 2.24. The SMILES string of the molecule is C=C.CN.COOC/C=C\C(c1ccc2ccccc2c1)C(O)c1c(C)cc(C)cc1C. The van der Waals surface area contributed by atoms with E-state index >= 15 is 0 Å². The molecule has 0 spiro atoms. The lowest BCUT2D eigenvalue weighted by Crippen LogP contribution is -2.12. The first kappa shape index (κ1) is 27.3. The predicted molar refractivity (Wildman–Crippen MR) is 136 cm³/mol. The molecule has 2 unspecified atom stereocenters. The second-order valence-corrected chi connectivity index (χ2v) is 7.27. The quantitative estimate of drug-likeness (QED) is 0.204. The lowest BCUT2D eigenvalue weighted by atomic mass is 9.84. The van der Waals surface area contributed by atoms with Crippen molar-refractivity contribution in [2.75, 3.05) is 20.8 Å². The van der Waals surface area contributed by atoms with Gasteiger partial charge in [0.1, 0.15) is 6.61 Å². The summed E-state index contributed by atoms with van der Waals surface area (Å²) < 4.78 is 0. The van der Waals surface area contributed by atoms with Gasteiger partial charge in [-0.25, -0.2) is 9.78 Å². The molecule has 4 nitrogen and oxygen atoms in total. The van der Waals surface area contributed by atoms with Crippen LogP contribution < -0.4 is 5.73 Å². The van der Waals surface area contributed by atoms with Gasteiger partial charge >= 0.3 is 0 Å². The third-order valence-electron chi connectivity index (χ3n) is 5.16. The number of aliphatic hydroxyl groups excluding tert-OH is 1. The van der Waals surface area contributed by atoms with Crippen molar-refractivity contribution in [1.82, 2.24) is 0 Å². The fraction of sp³-hybridized carbons (Fsp3) is 0.286. The van der Waals surface area contributed by atoms with Crippen molar-refractivity contribution in [2.45, 2.75) is 32.8 Å². The Kier molecular flexibility index (Phi) is 12.2. The van der Waals surface area contributed by atoms with Gasteiger partial charge in [-0.05, 0) is 60.8 Å². The zero-order chi connectivity index (χ0) is 24.1. The summed E-state index contributed by atoms with van der Waals surface area (Å²) >= 11 is 0. The van der Waals surface area contributed by atoms with E-state index in [0.717, 1.165) is 27.6 Å². The molecular weight excluding hydrogens is 398 g/mol. The van der Waals surface area contributed by atoms with Crippen molar-refractivity contribution in [1.29, 1.82) is 0 Å². The third-order valence-corrected chi connectivity index (χ3v) is 5.16. The summed E-state index contributed by atoms with van der Waals surface area (Å²) in [6, 6.07) is 18.9. The maximum atomic E-state index is 11.4. The van der Waals surface area contributed by atoms with Crippen LogP contribution in [0.2, 0.25) is 0 Å². The Labute approximate surface area is 192 Å². The molecule has 3 rings (SSSR count). The van der Waals surface area contributed by atoms with E-state index in [-0.39, 0.29) is 5.92 Å². The number of aliphatic hydroxyl groups is 1. The second kappa shape index (κ2) is 14.3. The van der Waals surface area contributed by atoms with E-state index in [1.807, 2.05) is 24.3 Å². The number of hydrogen-bond acceptors (Lipinski definition) is 4. The smallest absolute Gasteiger partial charge is 0.100 e. The first-order valence-corrected chi connectivity index (χ1v) is 10.7. The molecule has 0 bridgehead atoms. The van der Waals surface area contributed by atoms with E-state index in [1.165, 1.54) is 25.1 Å². The minimum Gasteiger partial charge on any atom is -0.387 e. The van der Waals surface area contributed by atoms with Crippen LogP contribution in [0.25, 0.3) is 10.8 Å². The fourth-order valence-electron chi connectivity index (χ4n) is 3.96.